The lowest BCUT2D eigenvalue weighted by Crippen LogP contribution is -2.05. The molecule has 1 aromatic rings. The highest BCUT2D eigenvalue weighted by Gasteiger charge is 2.17. The fourth-order valence-electron chi connectivity index (χ4n) is 1.29. The molecule has 0 amide bonds. The monoisotopic (exact) mass is 271 g/mol. The molecule has 18 heavy (non-hydrogen) atoms. The number of carboxylic acid groups (broad SMARTS) is 1. The fraction of sp³-hybridized carbons (Fsp3) is 0.182. The lowest BCUT2D eigenvalue weighted by atomic mass is 10.1. The van der Waals surface area contributed by atoms with Gasteiger partial charge in [-0.1, -0.05) is 24.3 Å². The van der Waals surface area contributed by atoms with Crippen molar-refractivity contribution >= 4 is 17.6 Å². The Morgan fingerprint density at radius 2 is 2.28 bits per heavy atom. The normalized spacial score (nSPS) is 9.83. The van der Waals surface area contributed by atoms with Crippen LogP contribution >= 0.6 is 11.6 Å². The van der Waals surface area contributed by atoms with E-state index in [4.69, 9.17) is 21.4 Å². The van der Waals surface area contributed by atoms with E-state index in [0.29, 0.717) is 0 Å². The number of hydrogen-bond acceptors (Lipinski definition) is 4. The smallest absolute Gasteiger partial charge is 0.335 e. The van der Waals surface area contributed by atoms with Gasteiger partial charge in [0.15, 0.2) is 0 Å². The Hall–Kier alpha value is -2.08. The second kappa shape index (κ2) is 6.02. The second-order valence-corrected chi connectivity index (χ2v) is 3.72. The number of halogens is 1. The number of benzene rings is 1. The third-order valence-electron chi connectivity index (χ3n) is 2.02. The molecule has 0 saturated carbocycles. The van der Waals surface area contributed by atoms with E-state index < -0.39 is 17.4 Å². The van der Waals surface area contributed by atoms with Gasteiger partial charge in [-0.25, -0.2) is 4.79 Å². The molecule has 0 aliphatic rings. The predicted octanol–water partition coefficient (Wildman–Crippen LogP) is 2.38. The van der Waals surface area contributed by atoms with Gasteiger partial charge in [0, 0.05) is 10.5 Å². The number of nitro groups is 1. The lowest BCUT2D eigenvalue weighted by Gasteiger charge is -2.09. The summed E-state index contributed by atoms with van der Waals surface area (Å²) in [4.78, 5) is 20.8. The molecule has 6 nitrogen and oxygen atoms in total. The van der Waals surface area contributed by atoms with Gasteiger partial charge in [0.05, 0.1) is 10.6 Å². The highest BCUT2D eigenvalue weighted by Crippen LogP contribution is 2.30. The Morgan fingerprint density at radius 1 is 1.61 bits per heavy atom. The number of carbonyl (C=O) groups is 1. The third kappa shape index (κ3) is 3.46. The SMILES string of the molecule is C=CCOc1cc(C(=O)O)cc(C[N+](=O)[O-])c1Cl. The van der Waals surface area contributed by atoms with Crippen molar-refractivity contribution in [1.82, 2.24) is 0 Å². The first-order chi connectivity index (χ1) is 8.45. The molecule has 0 radical (unpaired) electrons. The van der Waals surface area contributed by atoms with E-state index in [-0.39, 0.29) is 28.5 Å². The molecule has 0 fully saturated rings. The molecule has 1 N–H and O–H groups in total. The van der Waals surface area contributed by atoms with Crippen molar-refractivity contribution in [3.63, 3.8) is 0 Å². The standard InChI is InChI=1S/C11H10ClNO5/c1-2-3-18-9-5-7(11(14)15)4-8(10(9)12)6-13(16)17/h2,4-5H,1,3,6H2,(H,14,15). The minimum absolute atomic E-state index is 0.0403. The summed E-state index contributed by atoms with van der Waals surface area (Å²) >= 11 is 5.91. The Bertz CT molecular complexity index is 500. The van der Waals surface area contributed by atoms with Crippen molar-refractivity contribution in [2.75, 3.05) is 6.61 Å². The van der Waals surface area contributed by atoms with E-state index in [1.807, 2.05) is 0 Å². The van der Waals surface area contributed by atoms with Crippen molar-refractivity contribution in [2.24, 2.45) is 0 Å². The Balaban J connectivity index is 3.23. The quantitative estimate of drug-likeness (QED) is 0.487. The summed E-state index contributed by atoms with van der Waals surface area (Å²) in [6.07, 6.45) is 1.46. The van der Waals surface area contributed by atoms with Crippen LogP contribution in [0.2, 0.25) is 5.02 Å². The maximum absolute atomic E-state index is 10.9. The number of carboxylic acids is 1. The van der Waals surface area contributed by atoms with Gasteiger partial charge in [0.2, 0.25) is 6.54 Å². The molecule has 1 rings (SSSR count). The van der Waals surface area contributed by atoms with Crippen LogP contribution in [0.4, 0.5) is 0 Å². The van der Waals surface area contributed by atoms with Crippen molar-refractivity contribution in [1.29, 1.82) is 0 Å². The van der Waals surface area contributed by atoms with Crippen LogP contribution in [0.5, 0.6) is 5.75 Å². The van der Waals surface area contributed by atoms with E-state index in [1.165, 1.54) is 12.1 Å². The van der Waals surface area contributed by atoms with Crippen LogP contribution in [-0.4, -0.2) is 22.6 Å². The number of ether oxygens (including phenoxy) is 1. The van der Waals surface area contributed by atoms with E-state index >= 15 is 0 Å². The van der Waals surface area contributed by atoms with Crippen LogP contribution in [0.25, 0.3) is 0 Å². The Labute approximate surface area is 108 Å². The first-order valence-electron chi connectivity index (χ1n) is 4.87. The summed E-state index contributed by atoms with van der Waals surface area (Å²) in [5, 5.41) is 19.4. The molecule has 0 saturated heterocycles. The minimum atomic E-state index is -1.21. The highest BCUT2D eigenvalue weighted by atomic mass is 35.5. The maximum Gasteiger partial charge on any atom is 0.335 e. The molecule has 0 bridgehead atoms. The summed E-state index contributed by atoms with van der Waals surface area (Å²) in [6.45, 7) is 3.00. The number of aromatic carboxylic acids is 1. The maximum atomic E-state index is 10.9. The lowest BCUT2D eigenvalue weighted by molar-refractivity contribution is -0.496. The zero-order chi connectivity index (χ0) is 13.7. The largest absolute Gasteiger partial charge is 0.488 e. The van der Waals surface area contributed by atoms with Gasteiger partial charge in [0.1, 0.15) is 12.4 Å². The van der Waals surface area contributed by atoms with Gasteiger partial charge < -0.3 is 9.84 Å². The molecule has 0 spiro atoms. The van der Waals surface area contributed by atoms with Gasteiger partial charge >= 0.3 is 5.97 Å². The summed E-state index contributed by atoms with van der Waals surface area (Å²) in [7, 11) is 0. The molecule has 0 unspecified atom stereocenters. The van der Waals surface area contributed by atoms with E-state index in [9.17, 15) is 14.9 Å². The number of nitrogens with zero attached hydrogens (tertiary/aromatic N) is 1. The minimum Gasteiger partial charge on any atom is -0.488 e. The fourth-order valence-corrected chi connectivity index (χ4v) is 1.51. The Kier molecular flexibility index (Phi) is 4.67. The van der Waals surface area contributed by atoms with Crippen LogP contribution in [0.1, 0.15) is 15.9 Å². The first kappa shape index (κ1) is 14.0. The molecule has 0 aromatic heterocycles. The van der Waals surface area contributed by atoms with E-state index in [0.717, 1.165) is 6.07 Å². The zero-order valence-corrected chi connectivity index (χ0v) is 10.0. The van der Waals surface area contributed by atoms with Crippen molar-refractivity contribution in [3.05, 3.63) is 51.1 Å². The molecule has 0 aliphatic carbocycles. The van der Waals surface area contributed by atoms with E-state index in [1.54, 1.807) is 0 Å². The van der Waals surface area contributed by atoms with Crippen LogP contribution in [0.3, 0.4) is 0 Å². The van der Waals surface area contributed by atoms with Crippen LogP contribution in [0, 0.1) is 10.1 Å². The molecule has 1 aromatic carbocycles. The van der Waals surface area contributed by atoms with Crippen LogP contribution < -0.4 is 4.74 Å². The molecule has 96 valence electrons. The van der Waals surface area contributed by atoms with Crippen molar-refractivity contribution in [2.45, 2.75) is 6.54 Å². The van der Waals surface area contributed by atoms with Gasteiger partial charge in [0.25, 0.3) is 0 Å². The van der Waals surface area contributed by atoms with Crippen molar-refractivity contribution in [3.8, 4) is 5.75 Å². The van der Waals surface area contributed by atoms with E-state index in [2.05, 4.69) is 6.58 Å². The topological polar surface area (TPSA) is 89.7 Å². The summed E-state index contributed by atoms with van der Waals surface area (Å²) < 4.78 is 5.16. The second-order valence-electron chi connectivity index (χ2n) is 3.34. The number of rotatable bonds is 6. The van der Waals surface area contributed by atoms with Gasteiger partial charge in [-0.05, 0) is 12.1 Å². The highest BCUT2D eigenvalue weighted by molar-refractivity contribution is 6.33. The summed E-state index contributed by atoms with van der Waals surface area (Å²) in [6, 6.07) is 2.38. The van der Waals surface area contributed by atoms with Crippen LogP contribution in [-0.2, 0) is 6.54 Å². The molecule has 0 aliphatic heterocycles. The molecule has 0 atom stereocenters. The first-order valence-corrected chi connectivity index (χ1v) is 5.24. The van der Waals surface area contributed by atoms with Crippen molar-refractivity contribution < 1.29 is 19.6 Å². The van der Waals surface area contributed by atoms with Gasteiger partial charge in [-0.2, -0.15) is 0 Å². The molecule has 0 heterocycles. The van der Waals surface area contributed by atoms with Gasteiger partial charge in [-0.15, -0.1) is 0 Å². The predicted molar refractivity (Wildman–Crippen MR) is 64.8 cm³/mol. The molecular formula is C11H10ClNO5. The number of hydrogen-bond donors (Lipinski definition) is 1. The molecule has 7 heteroatoms. The van der Waals surface area contributed by atoms with Gasteiger partial charge in [-0.3, -0.25) is 10.1 Å². The Morgan fingerprint density at radius 3 is 2.78 bits per heavy atom. The average molecular weight is 272 g/mol. The zero-order valence-electron chi connectivity index (χ0n) is 9.26. The molecular weight excluding hydrogens is 262 g/mol. The summed E-state index contributed by atoms with van der Waals surface area (Å²) in [5.41, 5.74) is -0.0176. The summed E-state index contributed by atoms with van der Waals surface area (Å²) in [5.74, 6) is -1.12. The average Bonchev–Trinajstić information content (AvgIpc) is 2.29. The third-order valence-corrected chi connectivity index (χ3v) is 2.45. The van der Waals surface area contributed by atoms with Crippen LogP contribution in [0.15, 0.2) is 24.8 Å².